The highest BCUT2D eigenvalue weighted by Crippen LogP contribution is 2.05. The largest absolute Gasteiger partial charge is 0.350 e. The molecule has 1 aromatic rings. The second-order valence-corrected chi connectivity index (χ2v) is 3.35. The van der Waals surface area contributed by atoms with Crippen LogP contribution in [0, 0.1) is 18.8 Å². The van der Waals surface area contributed by atoms with Crippen LogP contribution in [0.2, 0.25) is 0 Å². The first-order chi connectivity index (χ1) is 7.16. The zero-order valence-electron chi connectivity index (χ0n) is 9.42. The van der Waals surface area contributed by atoms with Gasteiger partial charge in [-0.25, -0.2) is 0 Å². The smallest absolute Gasteiger partial charge is 0.267 e. The van der Waals surface area contributed by atoms with Crippen molar-refractivity contribution in [1.82, 2.24) is 9.88 Å². The average molecular weight is 204 g/mol. The minimum absolute atomic E-state index is 0.0384. The summed E-state index contributed by atoms with van der Waals surface area (Å²) in [5, 5.41) is 2.83. The maximum absolute atomic E-state index is 11.7. The number of amides is 1. The van der Waals surface area contributed by atoms with Gasteiger partial charge in [0.15, 0.2) is 0 Å². The molecule has 0 radical (unpaired) electrons. The first-order valence-electron chi connectivity index (χ1n) is 4.97. The Labute approximate surface area is 90.5 Å². The number of aryl methyl sites for hydroxylation is 1. The number of nitrogens with zero attached hydrogens (tertiary/aromatic N) is 1. The van der Waals surface area contributed by atoms with Crippen molar-refractivity contribution in [1.29, 1.82) is 0 Å². The topological polar surface area (TPSA) is 34.0 Å². The summed E-state index contributed by atoms with van der Waals surface area (Å²) in [7, 11) is 1.89. The minimum atomic E-state index is -0.0384. The van der Waals surface area contributed by atoms with E-state index in [4.69, 9.17) is 0 Å². The van der Waals surface area contributed by atoms with Crippen LogP contribution in [0.1, 0.15) is 29.5 Å². The van der Waals surface area contributed by atoms with Gasteiger partial charge in [0.05, 0.1) is 0 Å². The first kappa shape index (κ1) is 11.4. The summed E-state index contributed by atoms with van der Waals surface area (Å²) in [5.74, 6) is 5.66. The molecule has 0 saturated carbocycles. The predicted molar refractivity (Wildman–Crippen MR) is 60.6 cm³/mol. The summed E-state index contributed by atoms with van der Waals surface area (Å²) < 4.78 is 1.88. The zero-order valence-corrected chi connectivity index (χ0v) is 9.42. The van der Waals surface area contributed by atoms with Crippen molar-refractivity contribution in [2.24, 2.45) is 7.05 Å². The van der Waals surface area contributed by atoms with E-state index in [1.54, 1.807) is 6.92 Å². The van der Waals surface area contributed by atoms with E-state index in [-0.39, 0.29) is 5.91 Å². The summed E-state index contributed by atoms with van der Waals surface area (Å²) in [4.78, 5) is 11.7. The van der Waals surface area contributed by atoms with E-state index in [0.717, 1.165) is 5.69 Å². The Morgan fingerprint density at radius 2 is 2.27 bits per heavy atom. The standard InChI is InChI=1S/C12H16N2O/c1-4-5-6-9-13-12(15)11-8-7-10(2)14(11)3/h7-8H,6,9H2,1-3H3,(H,13,15). The second kappa shape index (κ2) is 5.26. The van der Waals surface area contributed by atoms with Crippen molar-refractivity contribution in [3.63, 3.8) is 0 Å². The van der Waals surface area contributed by atoms with Gasteiger partial charge in [-0.3, -0.25) is 4.79 Å². The van der Waals surface area contributed by atoms with E-state index in [0.29, 0.717) is 18.7 Å². The van der Waals surface area contributed by atoms with Crippen LogP contribution in [-0.4, -0.2) is 17.0 Å². The molecule has 0 saturated heterocycles. The lowest BCUT2D eigenvalue weighted by Crippen LogP contribution is -2.26. The summed E-state index contributed by atoms with van der Waals surface area (Å²) in [6, 6.07) is 3.76. The molecule has 0 aromatic carbocycles. The van der Waals surface area contributed by atoms with E-state index >= 15 is 0 Å². The molecule has 0 fully saturated rings. The number of carbonyl (C=O) groups is 1. The van der Waals surface area contributed by atoms with Gasteiger partial charge in [0.1, 0.15) is 5.69 Å². The van der Waals surface area contributed by atoms with Gasteiger partial charge >= 0.3 is 0 Å². The third kappa shape index (κ3) is 2.88. The van der Waals surface area contributed by atoms with Crippen LogP contribution in [0.5, 0.6) is 0 Å². The van der Waals surface area contributed by atoms with E-state index in [9.17, 15) is 4.79 Å². The van der Waals surface area contributed by atoms with Gasteiger partial charge in [0.2, 0.25) is 0 Å². The summed E-state index contributed by atoms with van der Waals surface area (Å²) >= 11 is 0. The molecule has 80 valence electrons. The fourth-order valence-electron chi connectivity index (χ4n) is 1.30. The average Bonchev–Trinajstić information content (AvgIpc) is 2.55. The molecule has 1 N–H and O–H groups in total. The maximum atomic E-state index is 11.7. The predicted octanol–water partition coefficient (Wildman–Crippen LogP) is 1.48. The molecule has 0 unspecified atom stereocenters. The van der Waals surface area contributed by atoms with Crippen molar-refractivity contribution in [3.05, 3.63) is 23.5 Å². The monoisotopic (exact) mass is 204 g/mol. The van der Waals surface area contributed by atoms with E-state index in [1.807, 2.05) is 30.7 Å². The Morgan fingerprint density at radius 1 is 1.53 bits per heavy atom. The van der Waals surface area contributed by atoms with E-state index < -0.39 is 0 Å². The lowest BCUT2D eigenvalue weighted by molar-refractivity contribution is 0.0946. The molecule has 1 rings (SSSR count). The van der Waals surface area contributed by atoms with Crippen LogP contribution in [0.15, 0.2) is 12.1 Å². The summed E-state index contributed by atoms with van der Waals surface area (Å²) in [6.45, 7) is 4.37. The molecule has 15 heavy (non-hydrogen) atoms. The van der Waals surface area contributed by atoms with Gasteiger partial charge in [0.25, 0.3) is 5.91 Å². The molecule has 0 bridgehead atoms. The van der Waals surface area contributed by atoms with Crippen LogP contribution in [0.4, 0.5) is 0 Å². The lowest BCUT2D eigenvalue weighted by Gasteiger charge is -2.05. The minimum Gasteiger partial charge on any atom is -0.350 e. The maximum Gasteiger partial charge on any atom is 0.267 e. The molecule has 1 aromatic heterocycles. The third-order valence-corrected chi connectivity index (χ3v) is 2.32. The highest BCUT2D eigenvalue weighted by molar-refractivity contribution is 5.92. The Kier molecular flexibility index (Phi) is 3.99. The lowest BCUT2D eigenvalue weighted by atomic mass is 10.3. The summed E-state index contributed by atoms with van der Waals surface area (Å²) in [6.07, 6.45) is 0.700. The quantitative estimate of drug-likeness (QED) is 0.587. The van der Waals surface area contributed by atoms with Crippen LogP contribution in [-0.2, 0) is 7.05 Å². The number of hydrogen-bond donors (Lipinski definition) is 1. The molecule has 0 aliphatic heterocycles. The van der Waals surface area contributed by atoms with Gasteiger partial charge in [-0.1, -0.05) is 0 Å². The number of hydrogen-bond acceptors (Lipinski definition) is 1. The normalized spacial score (nSPS) is 9.27. The van der Waals surface area contributed by atoms with Gasteiger partial charge < -0.3 is 9.88 Å². The van der Waals surface area contributed by atoms with Crippen molar-refractivity contribution < 1.29 is 4.79 Å². The highest BCUT2D eigenvalue weighted by Gasteiger charge is 2.09. The Bertz CT molecular complexity index is 407. The zero-order chi connectivity index (χ0) is 11.3. The fourth-order valence-corrected chi connectivity index (χ4v) is 1.30. The SMILES string of the molecule is CC#CCCNC(=O)c1ccc(C)n1C. The number of nitrogens with one attached hydrogen (secondary N) is 1. The molecular weight excluding hydrogens is 188 g/mol. The number of carbonyl (C=O) groups excluding carboxylic acids is 1. The van der Waals surface area contributed by atoms with Gasteiger partial charge in [-0.15, -0.1) is 11.8 Å². The van der Waals surface area contributed by atoms with Crippen molar-refractivity contribution in [3.8, 4) is 11.8 Å². The second-order valence-electron chi connectivity index (χ2n) is 3.35. The van der Waals surface area contributed by atoms with Gasteiger partial charge in [-0.2, -0.15) is 0 Å². The highest BCUT2D eigenvalue weighted by atomic mass is 16.1. The Morgan fingerprint density at radius 3 is 2.80 bits per heavy atom. The van der Waals surface area contributed by atoms with E-state index in [2.05, 4.69) is 17.2 Å². The van der Waals surface area contributed by atoms with Crippen molar-refractivity contribution >= 4 is 5.91 Å². The van der Waals surface area contributed by atoms with Crippen LogP contribution < -0.4 is 5.32 Å². The third-order valence-electron chi connectivity index (χ3n) is 2.32. The first-order valence-corrected chi connectivity index (χ1v) is 4.97. The van der Waals surface area contributed by atoms with Gasteiger partial charge in [0, 0.05) is 25.7 Å². The molecule has 1 amide bonds. The van der Waals surface area contributed by atoms with Crippen LogP contribution >= 0.6 is 0 Å². The molecule has 0 aliphatic carbocycles. The molecule has 0 spiro atoms. The van der Waals surface area contributed by atoms with Crippen LogP contribution in [0.3, 0.4) is 0 Å². The molecule has 1 heterocycles. The molecule has 0 atom stereocenters. The van der Waals surface area contributed by atoms with Crippen LogP contribution in [0.25, 0.3) is 0 Å². The van der Waals surface area contributed by atoms with Crippen molar-refractivity contribution in [2.75, 3.05) is 6.54 Å². The summed E-state index contributed by atoms with van der Waals surface area (Å²) in [5.41, 5.74) is 1.77. The number of aromatic nitrogens is 1. The molecular formula is C12H16N2O. The number of rotatable bonds is 3. The molecule has 3 heteroatoms. The Balaban J connectivity index is 2.53. The van der Waals surface area contributed by atoms with Crippen molar-refractivity contribution in [2.45, 2.75) is 20.3 Å². The van der Waals surface area contributed by atoms with E-state index in [1.165, 1.54) is 0 Å². The van der Waals surface area contributed by atoms with Gasteiger partial charge in [-0.05, 0) is 26.0 Å². The fraction of sp³-hybridized carbons (Fsp3) is 0.417. The molecule has 0 aliphatic rings. The Hall–Kier alpha value is -1.69. The molecule has 3 nitrogen and oxygen atoms in total.